The van der Waals surface area contributed by atoms with Crippen LogP contribution in [0.25, 0.3) is 16.6 Å². The first kappa shape index (κ1) is 27.7. The van der Waals surface area contributed by atoms with Crippen molar-refractivity contribution in [3.05, 3.63) is 65.9 Å². The van der Waals surface area contributed by atoms with Gasteiger partial charge in [-0.2, -0.15) is 17.6 Å². The van der Waals surface area contributed by atoms with Crippen LogP contribution in [-0.4, -0.2) is 48.1 Å². The van der Waals surface area contributed by atoms with Gasteiger partial charge in [-0.1, -0.05) is 6.07 Å². The number of fused-ring (bicyclic) bond motifs is 1. The molecule has 2 aliphatic carbocycles. The summed E-state index contributed by atoms with van der Waals surface area (Å²) in [7, 11) is 0. The molecule has 4 aromatic rings. The van der Waals surface area contributed by atoms with Gasteiger partial charge >= 0.3 is 6.18 Å². The first-order valence-electron chi connectivity index (χ1n) is 13.5. The number of halogens is 4. The zero-order valence-electron chi connectivity index (χ0n) is 22.4. The van der Waals surface area contributed by atoms with Crippen molar-refractivity contribution in [2.75, 3.05) is 0 Å². The lowest BCUT2D eigenvalue weighted by molar-refractivity contribution is -0.145. The van der Waals surface area contributed by atoms with Crippen molar-refractivity contribution in [1.82, 2.24) is 29.5 Å². The van der Waals surface area contributed by atoms with E-state index in [0.29, 0.717) is 30.4 Å². The summed E-state index contributed by atoms with van der Waals surface area (Å²) in [6.07, 6.45) is 2.95. The first-order valence-corrected chi connectivity index (χ1v) is 13.5. The maximum Gasteiger partial charge on any atom is 0.450 e. The van der Waals surface area contributed by atoms with E-state index in [-0.39, 0.29) is 46.8 Å². The van der Waals surface area contributed by atoms with Crippen LogP contribution in [0, 0.1) is 11.9 Å². The van der Waals surface area contributed by atoms with E-state index < -0.39 is 29.8 Å². The zero-order chi connectivity index (χ0) is 29.8. The number of carbonyl (C=O) groups is 2. The molecule has 2 aliphatic rings. The molecule has 3 N–H and O–H groups in total. The number of alkyl halides is 3. The standard InChI is InChI=1S/C28H27F4N7O3/c1-14(8-15-9-19(10-15)42-26-20(24(33)40)13-39(37-26)18-4-5-18)35-25(41)23-21-6-2-17(16-3-7-22(29)34-11-16)12-38(21)27(36-23)28(30,31)32/h2-3,6-7,11-15,18-19H,4-5,8-10H2,1H3,(H2,33,40)(H,35,41)/t14-,15?,19?/m0/s1. The maximum absolute atomic E-state index is 13.9. The van der Waals surface area contributed by atoms with Crippen molar-refractivity contribution in [2.45, 2.75) is 63.4 Å². The van der Waals surface area contributed by atoms with Crippen LogP contribution in [-0.2, 0) is 6.18 Å². The van der Waals surface area contributed by atoms with Crippen molar-refractivity contribution in [3.8, 4) is 17.0 Å². The monoisotopic (exact) mass is 585 g/mol. The van der Waals surface area contributed by atoms with Crippen LogP contribution in [0.1, 0.15) is 71.7 Å². The van der Waals surface area contributed by atoms with Crippen molar-refractivity contribution >= 4 is 17.3 Å². The number of carbonyl (C=O) groups excluding carboxylic acids is 2. The highest BCUT2D eigenvalue weighted by atomic mass is 19.4. The Morgan fingerprint density at radius 3 is 2.52 bits per heavy atom. The van der Waals surface area contributed by atoms with Crippen molar-refractivity contribution in [2.24, 2.45) is 11.7 Å². The molecule has 0 radical (unpaired) electrons. The number of hydrogen-bond donors (Lipinski definition) is 2. The highest BCUT2D eigenvalue weighted by Gasteiger charge is 2.39. The zero-order valence-corrected chi connectivity index (χ0v) is 22.4. The van der Waals surface area contributed by atoms with Crippen LogP contribution in [0.15, 0.2) is 42.9 Å². The molecular weight excluding hydrogens is 558 g/mol. The molecule has 0 aromatic carbocycles. The van der Waals surface area contributed by atoms with Gasteiger partial charge < -0.3 is 15.8 Å². The molecule has 220 valence electrons. The molecule has 0 spiro atoms. The minimum atomic E-state index is -4.82. The Hall–Kier alpha value is -4.49. The van der Waals surface area contributed by atoms with E-state index in [2.05, 4.69) is 20.4 Å². The minimum Gasteiger partial charge on any atom is -0.473 e. The highest BCUT2D eigenvalue weighted by Crippen LogP contribution is 2.38. The van der Waals surface area contributed by atoms with E-state index in [9.17, 15) is 27.2 Å². The van der Waals surface area contributed by atoms with Crippen molar-refractivity contribution in [1.29, 1.82) is 0 Å². The van der Waals surface area contributed by atoms with Gasteiger partial charge in [0.2, 0.25) is 17.7 Å². The third-order valence-electron chi connectivity index (χ3n) is 7.59. The van der Waals surface area contributed by atoms with Gasteiger partial charge in [-0.05, 0) is 68.7 Å². The maximum atomic E-state index is 13.9. The third-order valence-corrected chi connectivity index (χ3v) is 7.59. The number of amides is 2. The second-order valence-corrected chi connectivity index (χ2v) is 10.9. The summed E-state index contributed by atoms with van der Waals surface area (Å²) >= 11 is 0. The predicted octanol–water partition coefficient (Wildman–Crippen LogP) is 4.55. The fraction of sp³-hybridized carbons (Fsp3) is 0.393. The van der Waals surface area contributed by atoms with Gasteiger partial charge in [0.1, 0.15) is 11.7 Å². The summed E-state index contributed by atoms with van der Waals surface area (Å²) in [6, 6.07) is 5.32. The van der Waals surface area contributed by atoms with Gasteiger partial charge in [0.05, 0.1) is 11.6 Å². The molecule has 14 heteroatoms. The third kappa shape index (κ3) is 5.52. The van der Waals surface area contributed by atoms with Gasteiger partial charge in [-0.25, -0.2) is 9.97 Å². The van der Waals surface area contributed by atoms with E-state index in [1.165, 1.54) is 30.6 Å². The molecule has 0 bridgehead atoms. The van der Waals surface area contributed by atoms with Gasteiger partial charge in [0.25, 0.3) is 11.8 Å². The molecule has 6 rings (SSSR count). The van der Waals surface area contributed by atoms with E-state index in [1.54, 1.807) is 17.8 Å². The van der Waals surface area contributed by atoms with Crippen molar-refractivity contribution < 1.29 is 31.9 Å². The average Bonchev–Trinajstić information content (AvgIpc) is 3.54. The largest absolute Gasteiger partial charge is 0.473 e. The molecule has 4 aromatic heterocycles. The van der Waals surface area contributed by atoms with Crippen LogP contribution in [0.5, 0.6) is 5.88 Å². The van der Waals surface area contributed by atoms with E-state index >= 15 is 0 Å². The second-order valence-electron chi connectivity index (χ2n) is 10.9. The highest BCUT2D eigenvalue weighted by molar-refractivity contribution is 5.99. The van der Waals surface area contributed by atoms with Crippen LogP contribution in [0.3, 0.4) is 0 Å². The SMILES string of the molecule is C[C@@H](CC1CC(Oc2nn(C3CC3)cc2C(N)=O)C1)NC(=O)c1nc(C(F)(F)F)n2cc(-c3ccc(F)nc3)ccc12. The molecule has 0 aliphatic heterocycles. The number of imidazole rings is 1. The number of rotatable bonds is 9. The summed E-state index contributed by atoms with van der Waals surface area (Å²) in [6.45, 7) is 1.77. The van der Waals surface area contributed by atoms with Crippen LogP contribution in [0.2, 0.25) is 0 Å². The molecule has 42 heavy (non-hydrogen) atoms. The number of nitrogens with zero attached hydrogens (tertiary/aromatic N) is 5. The Labute approximate surface area is 236 Å². The molecule has 1 atom stereocenters. The fourth-order valence-electron chi connectivity index (χ4n) is 5.30. The van der Waals surface area contributed by atoms with Crippen molar-refractivity contribution in [3.63, 3.8) is 0 Å². The van der Waals surface area contributed by atoms with E-state index in [0.717, 1.165) is 23.3 Å². The Bertz CT molecular complexity index is 1650. The average molecular weight is 586 g/mol. The van der Waals surface area contributed by atoms with E-state index in [4.69, 9.17) is 10.5 Å². The molecule has 2 fully saturated rings. The summed E-state index contributed by atoms with van der Waals surface area (Å²) in [5, 5.41) is 7.14. The van der Waals surface area contributed by atoms with Gasteiger partial charge in [-0.3, -0.25) is 18.7 Å². The van der Waals surface area contributed by atoms with Gasteiger partial charge in [0, 0.05) is 30.2 Å². The van der Waals surface area contributed by atoms with Crippen LogP contribution < -0.4 is 15.8 Å². The topological polar surface area (TPSA) is 129 Å². The molecule has 0 unspecified atom stereocenters. The fourth-order valence-corrected chi connectivity index (χ4v) is 5.30. The normalized spacial score (nSPS) is 19.4. The number of aromatic nitrogens is 5. The number of nitrogens with one attached hydrogen (secondary N) is 1. The van der Waals surface area contributed by atoms with Crippen LogP contribution in [0.4, 0.5) is 17.6 Å². The molecule has 0 saturated heterocycles. The van der Waals surface area contributed by atoms with Gasteiger partial charge in [-0.15, -0.1) is 5.10 Å². The minimum absolute atomic E-state index is 0.0150. The molecule has 2 amide bonds. The summed E-state index contributed by atoms with van der Waals surface area (Å²) in [5.74, 6) is -2.86. The Morgan fingerprint density at radius 2 is 1.88 bits per heavy atom. The summed E-state index contributed by atoms with van der Waals surface area (Å²) in [5.41, 5.74) is 6.11. The summed E-state index contributed by atoms with van der Waals surface area (Å²) < 4.78 is 63.2. The first-order chi connectivity index (χ1) is 20.0. The molecule has 4 heterocycles. The lowest BCUT2D eigenvalue weighted by atomic mass is 9.78. The second kappa shape index (κ2) is 10.4. The lowest BCUT2D eigenvalue weighted by Crippen LogP contribution is -2.40. The Balaban J connectivity index is 1.10. The number of primary amides is 1. The molecule has 2 saturated carbocycles. The summed E-state index contributed by atoms with van der Waals surface area (Å²) in [4.78, 5) is 32.1. The number of ether oxygens (including phenoxy) is 1. The lowest BCUT2D eigenvalue weighted by Gasteiger charge is -2.36. The Kier molecular flexibility index (Phi) is 6.86. The number of nitrogens with two attached hydrogens (primary N) is 1. The van der Waals surface area contributed by atoms with Crippen LogP contribution >= 0.6 is 0 Å². The Morgan fingerprint density at radius 1 is 1.14 bits per heavy atom. The number of pyridine rings is 2. The molecule has 10 nitrogen and oxygen atoms in total. The number of hydrogen-bond acceptors (Lipinski definition) is 6. The molecular formula is C28H27F4N7O3. The quantitative estimate of drug-likeness (QED) is 0.219. The van der Waals surface area contributed by atoms with Gasteiger partial charge in [0.15, 0.2) is 5.69 Å². The smallest absolute Gasteiger partial charge is 0.450 e. The van der Waals surface area contributed by atoms with E-state index in [1.807, 2.05) is 0 Å². The predicted molar refractivity (Wildman–Crippen MR) is 141 cm³/mol.